The van der Waals surface area contributed by atoms with Crippen molar-refractivity contribution in [3.8, 4) is 0 Å². The number of ether oxygens (including phenoxy) is 1. The molecule has 1 amide bonds. The van der Waals surface area contributed by atoms with Gasteiger partial charge in [-0.1, -0.05) is 17.4 Å². The smallest absolute Gasteiger partial charge is 0.326 e. The van der Waals surface area contributed by atoms with Gasteiger partial charge in [0.1, 0.15) is 6.54 Å². The van der Waals surface area contributed by atoms with E-state index in [4.69, 9.17) is 4.74 Å². The Morgan fingerprint density at radius 2 is 2.00 bits per heavy atom. The van der Waals surface area contributed by atoms with Gasteiger partial charge in [0.05, 0.1) is 32.6 Å². The number of benzene rings is 2. The number of aryl methyl sites for hydroxylation is 2. The Morgan fingerprint density at radius 1 is 1.17 bits per heavy atom. The van der Waals surface area contributed by atoms with Crippen molar-refractivity contribution in [2.24, 2.45) is 4.99 Å². The molecule has 0 N–H and O–H groups in total. The largest absolute Gasteiger partial charge is 0.465 e. The quantitative estimate of drug-likeness (QED) is 0.459. The number of hydrogen-bond acceptors (Lipinski definition) is 6. The van der Waals surface area contributed by atoms with E-state index in [0.717, 1.165) is 31.6 Å². The normalized spacial score (nSPS) is 12.0. The molecule has 4 rings (SSSR count). The Balaban J connectivity index is 1.85. The van der Waals surface area contributed by atoms with E-state index in [1.807, 2.05) is 26.0 Å². The third-order valence-corrected chi connectivity index (χ3v) is 6.30. The zero-order valence-electron chi connectivity index (χ0n) is 16.3. The van der Waals surface area contributed by atoms with Crippen LogP contribution in [0.4, 0.5) is 0 Å². The van der Waals surface area contributed by atoms with Crippen molar-refractivity contribution in [2.45, 2.75) is 27.3 Å². The van der Waals surface area contributed by atoms with Crippen molar-refractivity contribution in [2.75, 3.05) is 6.61 Å². The summed E-state index contributed by atoms with van der Waals surface area (Å²) >= 11 is 2.88. The molecule has 0 unspecified atom stereocenters. The molecule has 0 aliphatic rings. The maximum Gasteiger partial charge on any atom is 0.326 e. The van der Waals surface area contributed by atoms with Crippen molar-refractivity contribution in [3.05, 3.63) is 57.3 Å². The maximum absolute atomic E-state index is 12.9. The van der Waals surface area contributed by atoms with Crippen molar-refractivity contribution >= 4 is 55.0 Å². The molecular weight excluding hydrogens is 406 g/mol. The zero-order chi connectivity index (χ0) is 20.5. The summed E-state index contributed by atoms with van der Waals surface area (Å²) in [6.07, 6.45) is 0. The monoisotopic (exact) mass is 425 g/mol. The lowest BCUT2D eigenvalue weighted by Gasteiger charge is -2.07. The van der Waals surface area contributed by atoms with E-state index in [-0.39, 0.29) is 18.4 Å². The highest BCUT2D eigenvalue weighted by Gasteiger charge is 2.15. The second-order valence-corrected chi connectivity index (χ2v) is 8.55. The molecule has 148 valence electrons. The van der Waals surface area contributed by atoms with Crippen molar-refractivity contribution < 1.29 is 14.3 Å². The van der Waals surface area contributed by atoms with Gasteiger partial charge in [-0.3, -0.25) is 9.59 Å². The number of fused-ring (bicyclic) bond motifs is 2. The summed E-state index contributed by atoms with van der Waals surface area (Å²) in [4.78, 5) is 34.1. The minimum Gasteiger partial charge on any atom is -0.465 e. The lowest BCUT2D eigenvalue weighted by atomic mass is 10.1. The molecule has 29 heavy (non-hydrogen) atoms. The number of thiazole rings is 2. The lowest BCUT2D eigenvalue weighted by Crippen LogP contribution is -2.23. The van der Waals surface area contributed by atoms with Gasteiger partial charge >= 0.3 is 5.97 Å². The molecule has 8 heteroatoms. The van der Waals surface area contributed by atoms with Crippen LogP contribution in [0.15, 0.2) is 40.8 Å². The number of carbonyl (C=O) groups is 2. The first kappa shape index (κ1) is 19.5. The Bertz CT molecular complexity index is 1310. The van der Waals surface area contributed by atoms with E-state index in [0.29, 0.717) is 17.0 Å². The van der Waals surface area contributed by atoms with Gasteiger partial charge in [0, 0.05) is 5.56 Å². The molecule has 6 nitrogen and oxygen atoms in total. The summed E-state index contributed by atoms with van der Waals surface area (Å²) < 4.78 is 8.82. The highest BCUT2D eigenvalue weighted by molar-refractivity contribution is 7.17. The van der Waals surface area contributed by atoms with Crippen LogP contribution >= 0.6 is 22.7 Å². The average Bonchev–Trinajstić information content (AvgIpc) is 3.26. The molecule has 2 heterocycles. The molecule has 0 spiro atoms. The standard InChI is InChI=1S/C21H19N3O3S2/c1-4-27-18(25)10-24-19-13(3)7-12(2)8-17(19)29-21(24)23-20(26)14-5-6-15-16(9-14)28-11-22-15/h5-9,11H,4,10H2,1-3H3. The second-order valence-electron chi connectivity index (χ2n) is 6.66. The summed E-state index contributed by atoms with van der Waals surface area (Å²) in [5.74, 6) is -0.703. The fourth-order valence-electron chi connectivity index (χ4n) is 3.30. The minimum atomic E-state index is -0.354. The molecule has 0 saturated carbocycles. The summed E-state index contributed by atoms with van der Waals surface area (Å²) in [7, 11) is 0. The molecule has 0 atom stereocenters. The first-order chi connectivity index (χ1) is 14.0. The molecular formula is C21H19N3O3S2. The van der Waals surface area contributed by atoms with Gasteiger partial charge < -0.3 is 9.30 Å². The van der Waals surface area contributed by atoms with Crippen LogP contribution in [0.2, 0.25) is 0 Å². The Kier molecular flexibility index (Phi) is 5.29. The first-order valence-corrected chi connectivity index (χ1v) is 10.8. The predicted octanol–water partition coefficient (Wildman–Crippen LogP) is 4.23. The van der Waals surface area contributed by atoms with Crippen LogP contribution < -0.4 is 4.80 Å². The maximum atomic E-state index is 12.9. The van der Waals surface area contributed by atoms with Gasteiger partial charge in [0.2, 0.25) is 0 Å². The van der Waals surface area contributed by atoms with Gasteiger partial charge in [-0.2, -0.15) is 4.99 Å². The van der Waals surface area contributed by atoms with Crippen LogP contribution in [0.1, 0.15) is 28.4 Å². The van der Waals surface area contributed by atoms with E-state index in [1.165, 1.54) is 22.7 Å². The van der Waals surface area contributed by atoms with Crippen LogP contribution in [0.5, 0.6) is 0 Å². The third-order valence-electron chi connectivity index (χ3n) is 4.48. The highest BCUT2D eigenvalue weighted by Crippen LogP contribution is 2.24. The molecule has 0 fully saturated rings. The number of carbonyl (C=O) groups excluding carboxylic acids is 2. The fraction of sp³-hybridized carbons (Fsp3) is 0.238. The SMILES string of the molecule is CCOC(=O)Cn1c(=NC(=O)c2ccc3ncsc3c2)sc2cc(C)cc(C)c21. The fourth-order valence-corrected chi connectivity index (χ4v) is 5.22. The molecule has 0 bridgehead atoms. The number of amides is 1. The summed E-state index contributed by atoms with van der Waals surface area (Å²) in [6, 6.07) is 9.45. The topological polar surface area (TPSA) is 73.6 Å². The minimum absolute atomic E-state index is 0.0116. The number of aromatic nitrogens is 2. The Morgan fingerprint density at radius 3 is 2.79 bits per heavy atom. The lowest BCUT2D eigenvalue weighted by molar-refractivity contribution is -0.143. The van der Waals surface area contributed by atoms with Gasteiger partial charge in [-0.25, -0.2) is 4.98 Å². The number of esters is 1. The van der Waals surface area contributed by atoms with E-state index in [1.54, 1.807) is 29.1 Å². The average molecular weight is 426 g/mol. The molecule has 0 saturated heterocycles. The van der Waals surface area contributed by atoms with Crippen LogP contribution in [0, 0.1) is 13.8 Å². The van der Waals surface area contributed by atoms with E-state index >= 15 is 0 Å². The third kappa shape index (κ3) is 3.86. The van der Waals surface area contributed by atoms with Gasteiger partial charge in [0.15, 0.2) is 4.80 Å². The van der Waals surface area contributed by atoms with Gasteiger partial charge in [-0.05, 0) is 56.2 Å². The van der Waals surface area contributed by atoms with Crippen LogP contribution in [0.25, 0.3) is 20.4 Å². The van der Waals surface area contributed by atoms with E-state index < -0.39 is 0 Å². The summed E-state index contributed by atoms with van der Waals surface area (Å²) in [5, 5.41) is 0. The van der Waals surface area contributed by atoms with Crippen molar-refractivity contribution in [1.29, 1.82) is 0 Å². The molecule has 0 aliphatic carbocycles. The number of nitrogens with zero attached hydrogens (tertiary/aromatic N) is 3. The Labute approximate surface area is 175 Å². The van der Waals surface area contributed by atoms with Crippen molar-refractivity contribution in [3.63, 3.8) is 0 Å². The molecule has 4 aromatic rings. The van der Waals surface area contributed by atoms with Crippen LogP contribution in [-0.2, 0) is 16.1 Å². The van der Waals surface area contributed by atoms with E-state index in [9.17, 15) is 9.59 Å². The van der Waals surface area contributed by atoms with E-state index in [2.05, 4.69) is 16.0 Å². The highest BCUT2D eigenvalue weighted by atomic mass is 32.1. The van der Waals surface area contributed by atoms with Crippen molar-refractivity contribution in [1.82, 2.24) is 9.55 Å². The Hall–Kier alpha value is -2.84. The number of hydrogen-bond donors (Lipinski definition) is 0. The second kappa shape index (κ2) is 7.88. The molecule has 2 aromatic heterocycles. The van der Waals surface area contributed by atoms with Gasteiger partial charge in [0.25, 0.3) is 5.91 Å². The summed E-state index contributed by atoms with van der Waals surface area (Å²) in [6.45, 7) is 6.10. The van der Waals surface area contributed by atoms with Gasteiger partial charge in [-0.15, -0.1) is 11.3 Å². The summed E-state index contributed by atoms with van der Waals surface area (Å²) in [5.41, 5.74) is 6.15. The predicted molar refractivity (Wildman–Crippen MR) is 115 cm³/mol. The number of rotatable bonds is 4. The van der Waals surface area contributed by atoms with Crippen LogP contribution in [0.3, 0.4) is 0 Å². The molecule has 2 aromatic carbocycles. The van der Waals surface area contributed by atoms with Crippen LogP contribution in [-0.4, -0.2) is 28.0 Å². The zero-order valence-corrected chi connectivity index (χ0v) is 17.9. The molecule has 0 aliphatic heterocycles. The first-order valence-electron chi connectivity index (χ1n) is 9.14. The molecule has 0 radical (unpaired) electrons.